The number of carbonyl (C=O) groups is 1. The highest BCUT2D eigenvalue weighted by atomic mass is 16.5. The fourth-order valence-electron chi connectivity index (χ4n) is 4.28. The molecule has 0 fully saturated rings. The molecule has 1 aliphatic heterocycles. The number of anilines is 2. The van der Waals surface area contributed by atoms with Crippen molar-refractivity contribution in [1.82, 2.24) is 9.55 Å². The molecule has 0 spiro atoms. The number of fused-ring (bicyclic) bond motifs is 3. The van der Waals surface area contributed by atoms with Gasteiger partial charge in [-0.1, -0.05) is 48.0 Å². The van der Waals surface area contributed by atoms with Crippen LogP contribution < -0.4 is 15.4 Å². The lowest BCUT2D eigenvalue weighted by Crippen LogP contribution is -2.31. The maximum Gasteiger partial charge on any atom is 0.255 e. The number of ether oxygens (including phenoxy) is 1. The van der Waals surface area contributed by atoms with E-state index < -0.39 is 6.04 Å². The molecule has 2 heterocycles. The summed E-state index contributed by atoms with van der Waals surface area (Å²) in [5.41, 5.74) is 5.97. The Bertz CT molecular complexity index is 1350. The minimum Gasteiger partial charge on any atom is -0.496 e. The van der Waals surface area contributed by atoms with Crippen LogP contribution in [0.15, 0.2) is 84.1 Å². The Labute approximate surface area is 186 Å². The van der Waals surface area contributed by atoms with Crippen LogP contribution in [0, 0.1) is 6.92 Å². The number of nitrogens with zero attached hydrogens (tertiary/aromatic N) is 2. The molecule has 32 heavy (non-hydrogen) atoms. The number of allylic oxidation sites excluding steroid dienone is 1. The van der Waals surface area contributed by atoms with E-state index in [1.807, 2.05) is 86.6 Å². The SMILES string of the molecule is COc1ccccc1[C@@H]1C(C(=O)Nc2ccc(C)cc2)=C(C)Nc2nc3ccccc3n21. The van der Waals surface area contributed by atoms with Crippen LogP contribution in [0.2, 0.25) is 0 Å². The second-order valence-electron chi connectivity index (χ2n) is 7.92. The van der Waals surface area contributed by atoms with Crippen molar-refractivity contribution in [3.05, 3.63) is 95.2 Å². The van der Waals surface area contributed by atoms with Crippen molar-refractivity contribution in [2.24, 2.45) is 0 Å². The maximum absolute atomic E-state index is 13.6. The van der Waals surface area contributed by atoms with E-state index in [-0.39, 0.29) is 5.91 Å². The molecular weight excluding hydrogens is 400 g/mol. The number of methoxy groups -OCH3 is 1. The van der Waals surface area contributed by atoms with Crippen LogP contribution >= 0.6 is 0 Å². The van der Waals surface area contributed by atoms with Gasteiger partial charge in [-0.25, -0.2) is 4.98 Å². The molecule has 1 aliphatic rings. The molecule has 160 valence electrons. The summed E-state index contributed by atoms with van der Waals surface area (Å²) in [6.45, 7) is 3.93. The third-order valence-electron chi connectivity index (χ3n) is 5.82. The zero-order valence-corrected chi connectivity index (χ0v) is 18.2. The van der Waals surface area contributed by atoms with E-state index in [2.05, 4.69) is 15.2 Å². The Hall–Kier alpha value is -4.06. The number of imidazole rings is 1. The monoisotopic (exact) mass is 424 g/mol. The first-order valence-electron chi connectivity index (χ1n) is 10.5. The van der Waals surface area contributed by atoms with Gasteiger partial charge in [0.1, 0.15) is 5.75 Å². The van der Waals surface area contributed by atoms with Crippen LogP contribution in [-0.2, 0) is 4.79 Å². The standard InChI is InChI=1S/C26H24N4O2/c1-16-12-14-18(15-13-16)28-25(31)23-17(2)27-26-29-20-9-5-6-10-21(20)30(26)24(23)19-8-4-7-11-22(19)32-3/h4-15,24H,1-3H3,(H,27,29)(H,28,31)/t24-/m1/s1. The molecule has 1 amide bonds. The van der Waals surface area contributed by atoms with Gasteiger partial charge >= 0.3 is 0 Å². The van der Waals surface area contributed by atoms with Gasteiger partial charge in [0, 0.05) is 16.9 Å². The van der Waals surface area contributed by atoms with Gasteiger partial charge in [0.15, 0.2) is 0 Å². The van der Waals surface area contributed by atoms with Crippen LogP contribution in [-0.4, -0.2) is 22.6 Å². The van der Waals surface area contributed by atoms with Crippen molar-refractivity contribution in [3.63, 3.8) is 0 Å². The second-order valence-corrected chi connectivity index (χ2v) is 7.92. The molecule has 0 saturated carbocycles. The van der Waals surface area contributed by atoms with E-state index >= 15 is 0 Å². The highest BCUT2D eigenvalue weighted by Gasteiger charge is 2.35. The lowest BCUT2D eigenvalue weighted by atomic mass is 9.93. The highest BCUT2D eigenvalue weighted by Crippen LogP contribution is 2.42. The van der Waals surface area contributed by atoms with Crippen molar-refractivity contribution in [1.29, 1.82) is 0 Å². The zero-order valence-electron chi connectivity index (χ0n) is 18.2. The Kier molecular flexibility index (Phi) is 4.90. The van der Waals surface area contributed by atoms with Crippen molar-refractivity contribution in [2.75, 3.05) is 17.7 Å². The minimum atomic E-state index is -0.403. The number of para-hydroxylation sites is 3. The first-order chi connectivity index (χ1) is 15.6. The van der Waals surface area contributed by atoms with E-state index in [1.54, 1.807) is 7.11 Å². The molecule has 6 heteroatoms. The van der Waals surface area contributed by atoms with Crippen molar-refractivity contribution < 1.29 is 9.53 Å². The number of aromatic nitrogens is 2. The number of aryl methyl sites for hydroxylation is 1. The summed E-state index contributed by atoms with van der Waals surface area (Å²) in [4.78, 5) is 18.4. The molecular formula is C26H24N4O2. The molecule has 3 aromatic carbocycles. The van der Waals surface area contributed by atoms with E-state index in [1.165, 1.54) is 0 Å². The Morgan fingerprint density at radius 2 is 1.72 bits per heavy atom. The largest absolute Gasteiger partial charge is 0.496 e. The Morgan fingerprint density at radius 3 is 2.50 bits per heavy atom. The number of hydrogen-bond donors (Lipinski definition) is 2. The topological polar surface area (TPSA) is 68.2 Å². The number of amides is 1. The summed E-state index contributed by atoms with van der Waals surface area (Å²) in [6.07, 6.45) is 0. The van der Waals surface area contributed by atoms with Gasteiger partial charge in [0.25, 0.3) is 5.91 Å². The second kappa shape index (κ2) is 7.89. The number of benzene rings is 3. The van der Waals surface area contributed by atoms with Crippen LogP contribution in [0.25, 0.3) is 11.0 Å². The molecule has 4 aromatic rings. The van der Waals surface area contributed by atoms with Crippen LogP contribution in [0.5, 0.6) is 5.75 Å². The predicted octanol–water partition coefficient (Wildman–Crippen LogP) is 5.28. The van der Waals surface area contributed by atoms with Crippen molar-refractivity contribution in [3.8, 4) is 5.75 Å². The first kappa shape index (κ1) is 19.9. The molecule has 0 saturated heterocycles. The van der Waals surface area contributed by atoms with E-state index in [0.29, 0.717) is 11.5 Å². The zero-order chi connectivity index (χ0) is 22.2. The molecule has 0 aliphatic carbocycles. The van der Waals surface area contributed by atoms with Gasteiger partial charge in [-0.2, -0.15) is 0 Å². The number of rotatable bonds is 4. The molecule has 6 nitrogen and oxygen atoms in total. The highest BCUT2D eigenvalue weighted by molar-refractivity contribution is 6.06. The van der Waals surface area contributed by atoms with Crippen LogP contribution in [0.1, 0.15) is 24.1 Å². The van der Waals surface area contributed by atoms with Crippen LogP contribution in [0.4, 0.5) is 11.6 Å². The molecule has 1 atom stereocenters. The van der Waals surface area contributed by atoms with Gasteiger partial charge in [-0.05, 0) is 44.2 Å². The van der Waals surface area contributed by atoms with Gasteiger partial charge in [0.05, 0.1) is 29.8 Å². The fraction of sp³-hybridized carbons (Fsp3) is 0.154. The third-order valence-corrected chi connectivity index (χ3v) is 5.82. The van der Waals surface area contributed by atoms with Crippen molar-refractivity contribution in [2.45, 2.75) is 19.9 Å². The first-order valence-corrected chi connectivity index (χ1v) is 10.5. The lowest BCUT2D eigenvalue weighted by Gasteiger charge is -2.31. The van der Waals surface area contributed by atoms with Crippen LogP contribution in [0.3, 0.4) is 0 Å². The molecule has 0 unspecified atom stereocenters. The smallest absolute Gasteiger partial charge is 0.255 e. The van der Waals surface area contributed by atoms with E-state index in [9.17, 15) is 4.79 Å². The molecule has 5 rings (SSSR count). The summed E-state index contributed by atoms with van der Waals surface area (Å²) in [6, 6.07) is 23.1. The normalized spacial score (nSPS) is 15.3. The lowest BCUT2D eigenvalue weighted by molar-refractivity contribution is -0.113. The van der Waals surface area contributed by atoms with Gasteiger partial charge in [-0.3, -0.25) is 9.36 Å². The average Bonchev–Trinajstić information content (AvgIpc) is 3.17. The Morgan fingerprint density at radius 1 is 1.00 bits per heavy atom. The van der Waals surface area contributed by atoms with Crippen molar-refractivity contribution >= 4 is 28.6 Å². The number of carbonyl (C=O) groups excluding carboxylic acids is 1. The van der Waals surface area contributed by atoms with Gasteiger partial charge in [-0.15, -0.1) is 0 Å². The fourth-order valence-corrected chi connectivity index (χ4v) is 4.28. The molecule has 1 aromatic heterocycles. The Balaban J connectivity index is 1.68. The number of nitrogens with one attached hydrogen (secondary N) is 2. The quantitative estimate of drug-likeness (QED) is 0.468. The van der Waals surface area contributed by atoms with Gasteiger partial charge < -0.3 is 15.4 Å². The average molecular weight is 425 g/mol. The number of hydrogen-bond acceptors (Lipinski definition) is 4. The molecule has 0 bridgehead atoms. The summed E-state index contributed by atoms with van der Waals surface area (Å²) >= 11 is 0. The van der Waals surface area contributed by atoms with E-state index in [0.717, 1.165) is 39.3 Å². The minimum absolute atomic E-state index is 0.168. The maximum atomic E-state index is 13.6. The summed E-state index contributed by atoms with van der Waals surface area (Å²) < 4.78 is 7.76. The molecule has 2 N–H and O–H groups in total. The van der Waals surface area contributed by atoms with Gasteiger partial charge in [0.2, 0.25) is 5.95 Å². The predicted molar refractivity (Wildman–Crippen MR) is 127 cm³/mol. The summed E-state index contributed by atoms with van der Waals surface area (Å²) in [5.74, 6) is 1.25. The summed E-state index contributed by atoms with van der Waals surface area (Å²) in [7, 11) is 1.65. The molecule has 0 radical (unpaired) electrons. The van der Waals surface area contributed by atoms with E-state index in [4.69, 9.17) is 9.72 Å². The summed E-state index contributed by atoms with van der Waals surface area (Å²) in [5, 5.41) is 6.41. The third kappa shape index (κ3) is 3.30.